The van der Waals surface area contributed by atoms with Gasteiger partial charge in [-0.3, -0.25) is 5.84 Å². The molecule has 5 nitrogen and oxygen atoms in total. The fraction of sp³-hybridized carbons (Fsp3) is 0.308. The molecule has 2 rings (SSSR count). The summed E-state index contributed by atoms with van der Waals surface area (Å²) < 4.78 is 7.33. The Kier molecular flexibility index (Phi) is 3.64. The van der Waals surface area contributed by atoms with Crippen LogP contribution in [-0.2, 0) is 7.05 Å². The number of rotatable bonds is 4. The van der Waals surface area contributed by atoms with Gasteiger partial charge in [-0.15, -0.1) is 0 Å². The van der Waals surface area contributed by atoms with Gasteiger partial charge in [0.05, 0.1) is 7.11 Å². The van der Waals surface area contributed by atoms with Crippen molar-refractivity contribution in [2.24, 2.45) is 12.9 Å². The average Bonchev–Trinajstić information content (AvgIpc) is 2.77. The molecule has 0 saturated carbocycles. The van der Waals surface area contributed by atoms with E-state index in [1.807, 2.05) is 36.9 Å². The number of ether oxygens (including phenoxy) is 1. The second-order valence-corrected chi connectivity index (χ2v) is 4.24. The summed E-state index contributed by atoms with van der Waals surface area (Å²) in [5.41, 5.74) is 4.93. The van der Waals surface area contributed by atoms with E-state index in [0.717, 1.165) is 22.7 Å². The molecule has 0 aliphatic heterocycles. The van der Waals surface area contributed by atoms with Gasteiger partial charge in [0.15, 0.2) is 0 Å². The van der Waals surface area contributed by atoms with Gasteiger partial charge in [0, 0.05) is 25.0 Å². The Balaban J connectivity index is 2.51. The van der Waals surface area contributed by atoms with E-state index in [1.54, 1.807) is 13.3 Å². The van der Waals surface area contributed by atoms with E-state index in [4.69, 9.17) is 10.6 Å². The van der Waals surface area contributed by atoms with E-state index in [0.29, 0.717) is 0 Å². The summed E-state index contributed by atoms with van der Waals surface area (Å²) in [6, 6.07) is 5.81. The maximum atomic E-state index is 5.68. The summed E-state index contributed by atoms with van der Waals surface area (Å²) >= 11 is 0. The summed E-state index contributed by atoms with van der Waals surface area (Å²) in [6.45, 7) is 2.04. The minimum absolute atomic E-state index is 0.195. The Morgan fingerprint density at radius 2 is 2.22 bits per heavy atom. The van der Waals surface area contributed by atoms with Crippen molar-refractivity contribution in [2.75, 3.05) is 7.11 Å². The van der Waals surface area contributed by atoms with Crippen molar-refractivity contribution in [3.05, 3.63) is 47.5 Å². The SMILES string of the molecule is COc1ccc(C)cc1C(NN)c1nccn1C. The van der Waals surface area contributed by atoms with Crippen molar-refractivity contribution >= 4 is 0 Å². The van der Waals surface area contributed by atoms with E-state index in [9.17, 15) is 0 Å². The summed E-state index contributed by atoms with van der Waals surface area (Å²) in [6.07, 6.45) is 3.64. The van der Waals surface area contributed by atoms with Crippen LogP contribution < -0.4 is 16.0 Å². The number of hydrogen-bond donors (Lipinski definition) is 2. The van der Waals surface area contributed by atoms with Gasteiger partial charge in [0.1, 0.15) is 17.6 Å². The van der Waals surface area contributed by atoms with Crippen LogP contribution in [0.4, 0.5) is 0 Å². The maximum absolute atomic E-state index is 5.68. The quantitative estimate of drug-likeness (QED) is 0.630. The van der Waals surface area contributed by atoms with Crippen molar-refractivity contribution in [1.82, 2.24) is 15.0 Å². The summed E-state index contributed by atoms with van der Waals surface area (Å²) in [7, 11) is 3.59. The molecule has 0 radical (unpaired) electrons. The molecule has 1 aromatic heterocycles. The number of aromatic nitrogens is 2. The second-order valence-electron chi connectivity index (χ2n) is 4.24. The molecule has 0 bridgehead atoms. The lowest BCUT2D eigenvalue weighted by Crippen LogP contribution is -2.31. The molecule has 0 spiro atoms. The Labute approximate surface area is 107 Å². The van der Waals surface area contributed by atoms with Gasteiger partial charge >= 0.3 is 0 Å². The van der Waals surface area contributed by atoms with Gasteiger partial charge in [-0.25, -0.2) is 10.4 Å². The minimum Gasteiger partial charge on any atom is -0.496 e. The lowest BCUT2D eigenvalue weighted by molar-refractivity contribution is 0.402. The Morgan fingerprint density at radius 3 is 2.78 bits per heavy atom. The van der Waals surface area contributed by atoms with Crippen LogP contribution in [0.25, 0.3) is 0 Å². The molecule has 1 atom stereocenters. The van der Waals surface area contributed by atoms with Crippen molar-refractivity contribution < 1.29 is 4.74 Å². The van der Waals surface area contributed by atoms with Crippen LogP contribution in [0.2, 0.25) is 0 Å². The number of aryl methyl sites for hydroxylation is 2. The third kappa shape index (κ3) is 2.23. The number of benzene rings is 1. The van der Waals surface area contributed by atoms with Crippen molar-refractivity contribution in [3.8, 4) is 5.75 Å². The van der Waals surface area contributed by atoms with E-state index >= 15 is 0 Å². The fourth-order valence-corrected chi connectivity index (χ4v) is 2.04. The minimum atomic E-state index is -0.195. The third-order valence-corrected chi connectivity index (χ3v) is 2.98. The molecule has 0 fully saturated rings. The molecule has 0 saturated heterocycles. The highest BCUT2D eigenvalue weighted by Crippen LogP contribution is 2.29. The fourth-order valence-electron chi connectivity index (χ4n) is 2.04. The largest absolute Gasteiger partial charge is 0.496 e. The van der Waals surface area contributed by atoms with Crippen molar-refractivity contribution in [1.29, 1.82) is 0 Å². The molecule has 3 N–H and O–H groups in total. The second kappa shape index (κ2) is 5.20. The van der Waals surface area contributed by atoms with Crippen molar-refractivity contribution in [3.63, 3.8) is 0 Å². The van der Waals surface area contributed by atoms with Gasteiger partial charge in [-0.05, 0) is 13.0 Å². The molecule has 5 heteroatoms. The predicted octanol–water partition coefficient (Wildman–Crippen LogP) is 1.29. The lowest BCUT2D eigenvalue weighted by atomic mass is 10.0. The number of imidazole rings is 1. The standard InChI is InChI=1S/C13H18N4O/c1-9-4-5-11(18-3)10(8-9)12(16-14)13-15-6-7-17(13)2/h4-8,12,16H,14H2,1-3H3. The maximum Gasteiger partial charge on any atom is 0.131 e. The Bertz CT molecular complexity index is 536. The Hall–Kier alpha value is -1.85. The van der Waals surface area contributed by atoms with Gasteiger partial charge in [0.25, 0.3) is 0 Å². The number of methoxy groups -OCH3 is 1. The number of hydrogen-bond acceptors (Lipinski definition) is 4. The van der Waals surface area contributed by atoms with Crippen LogP contribution in [-0.4, -0.2) is 16.7 Å². The summed E-state index contributed by atoms with van der Waals surface area (Å²) in [5.74, 6) is 7.33. The van der Waals surface area contributed by atoms with Crippen LogP contribution in [0.15, 0.2) is 30.6 Å². The van der Waals surface area contributed by atoms with Crippen LogP contribution in [0.5, 0.6) is 5.75 Å². The van der Waals surface area contributed by atoms with Crippen LogP contribution in [0, 0.1) is 6.92 Å². The van der Waals surface area contributed by atoms with Crippen molar-refractivity contribution in [2.45, 2.75) is 13.0 Å². The topological polar surface area (TPSA) is 65.1 Å². The first-order valence-electron chi connectivity index (χ1n) is 5.75. The molecule has 1 aromatic carbocycles. The van der Waals surface area contributed by atoms with E-state index < -0.39 is 0 Å². The zero-order chi connectivity index (χ0) is 13.1. The molecular formula is C13H18N4O. The van der Waals surface area contributed by atoms with Crippen LogP contribution in [0.1, 0.15) is 23.0 Å². The zero-order valence-electron chi connectivity index (χ0n) is 10.8. The van der Waals surface area contributed by atoms with E-state index in [2.05, 4.69) is 16.5 Å². The van der Waals surface area contributed by atoms with Gasteiger partial charge < -0.3 is 9.30 Å². The molecule has 1 unspecified atom stereocenters. The van der Waals surface area contributed by atoms with Gasteiger partial charge in [-0.1, -0.05) is 17.7 Å². The van der Waals surface area contributed by atoms with E-state index in [-0.39, 0.29) is 6.04 Å². The molecule has 0 aliphatic carbocycles. The number of nitrogens with zero attached hydrogens (tertiary/aromatic N) is 2. The smallest absolute Gasteiger partial charge is 0.131 e. The predicted molar refractivity (Wildman–Crippen MR) is 70.1 cm³/mol. The van der Waals surface area contributed by atoms with Crippen LogP contribution in [0.3, 0.4) is 0 Å². The summed E-state index contributed by atoms with van der Waals surface area (Å²) in [4.78, 5) is 4.33. The van der Waals surface area contributed by atoms with Crippen LogP contribution >= 0.6 is 0 Å². The highest BCUT2D eigenvalue weighted by Gasteiger charge is 2.20. The average molecular weight is 246 g/mol. The van der Waals surface area contributed by atoms with Gasteiger partial charge in [-0.2, -0.15) is 0 Å². The van der Waals surface area contributed by atoms with Gasteiger partial charge in [0.2, 0.25) is 0 Å². The Morgan fingerprint density at radius 1 is 1.44 bits per heavy atom. The lowest BCUT2D eigenvalue weighted by Gasteiger charge is -2.19. The highest BCUT2D eigenvalue weighted by atomic mass is 16.5. The number of nitrogens with one attached hydrogen (secondary N) is 1. The molecule has 2 aromatic rings. The first kappa shape index (κ1) is 12.6. The number of nitrogens with two attached hydrogens (primary N) is 1. The first-order valence-corrected chi connectivity index (χ1v) is 5.75. The normalized spacial score (nSPS) is 12.4. The molecule has 0 aliphatic rings. The molecule has 1 heterocycles. The number of hydrazine groups is 1. The molecule has 96 valence electrons. The third-order valence-electron chi connectivity index (χ3n) is 2.98. The molecule has 0 amide bonds. The monoisotopic (exact) mass is 246 g/mol. The molecular weight excluding hydrogens is 228 g/mol. The van der Waals surface area contributed by atoms with E-state index in [1.165, 1.54) is 0 Å². The zero-order valence-corrected chi connectivity index (χ0v) is 10.8. The first-order chi connectivity index (χ1) is 8.67. The highest BCUT2D eigenvalue weighted by molar-refractivity contribution is 5.41. The summed E-state index contributed by atoms with van der Waals surface area (Å²) in [5, 5.41) is 0. The molecule has 18 heavy (non-hydrogen) atoms.